The third kappa shape index (κ3) is 3.62. The maximum atomic E-state index is 10.9. The highest BCUT2D eigenvalue weighted by molar-refractivity contribution is 8.00. The fraction of sp³-hybridized carbons (Fsp3) is 0.700. The van der Waals surface area contributed by atoms with E-state index >= 15 is 0 Å². The molecule has 1 aliphatic rings. The van der Waals surface area contributed by atoms with Crippen molar-refractivity contribution in [1.29, 1.82) is 0 Å². The van der Waals surface area contributed by atoms with Crippen LogP contribution in [0.25, 0.3) is 0 Å². The summed E-state index contributed by atoms with van der Waals surface area (Å²) in [6.45, 7) is 6.42. The molecule has 1 fully saturated rings. The second-order valence-electron chi connectivity index (χ2n) is 3.92. The Bertz CT molecular complexity index is 238. The van der Waals surface area contributed by atoms with E-state index in [0.717, 1.165) is 18.8 Å². The lowest BCUT2D eigenvalue weighted by atomic mass is 10.2. The molecule has 1 saturated heterocycles. The smallest absolute Gasteiger partial charge is 0.331 e. The number of carbonyl (C=O) groups excluding carboxylic acids is 1. The van der Waals surface area contributed by atoms with Gasteiger partial charge in [-0.25, -0.2) is 4.79 Å². The van der Waals surface area contributed by atoms with Gasteiger partial charge in [-0.15, -0.1) is 0 Å². The molecule has 0 unspecified atom stereocenters. The zero-order valence-corrected chi connectivity index (χ0v) is 9.76. The van der Waals surface area contributed by atoms with Gasteiger partial charge in [-0.1, -0.05) is 0 Å². The Morgan fingerprint density at radius 1 is 1.57 bits per heavy atom. The van der Waals surface area contributed by atoms with Gasteiger partial charge in [0.25, 0.3) is 0 Å². The maximum Gasteiger partial charge on any atom is 0.331 e. The fourth-order valence-corrected chi connectivity index (χ4v) is 2.55. The van der Waals surface area contributed by atoms with Crippen LogP contribution in [0.15, 0.2) is 12.3 Å². The zero-order valence-electron chi connectivity index (χ0n) is 8.95. The lowest BCUT2D eigenvalue weighted by Crippen LogP contribution is -2.40. The van der Waals surface area contributed by atoms with E-state index in [1.165, 1.54) is 13.2 Å². The SMILES string of the molecule is COC(=O)/C=C/N1CCSC(C)(C)C1. The molecule has 4 heteroatoms. The van der Waals surface area contributed by atoms with Gasteiger partial charge in [0.05, 0.1) is 7.11 Å². The molecule has 0 aromatic heterocycles. The predicted molar refractivity (Wildman–Crippen MR) is 59.3 cm³/mol. The van der Waals surface area contributed by atoms with Gasteiger partial charge >= 0.3 is 5.97 Å². The molecular weight excluding hydrogens is 198 g/mol. The minimum Gasteiger partial charge on any atom is -0.466 e. The quantitative estimate of drug-likeness (QED) is 0.516. The van der Waals surface area contributed by atoms with Crippen LogP contribution in [0.2, 0.25) is 0 Å². The molecule has 3 nitrogen and oxygen atoms in total. The third-order valence-electron chi connectivity index (χ3n) is 2.08. The summed E-state index contributed by atoms with van der Waals surface area (Å²) in [6.07, 6.45) is 3.30. The molecule has 14 heavy (non-hydrogen) atoms. The molecule has 1 heterocycles. The molecule has 0 aromatic rings. The predicted octanol–water partition coefficient (Wildman–Crippen LogP) is 1.50. The largest absolute Gasteiger partial charge is 0.466 e. The molecule has 0 radical (unpaired) electrons. The van der Waals surface area contributed by atoms with Crippen LogP contribution >= 0.6 is 11.8 Å². The van der Waals surface area contributed by atoms with E-state index in [-0.39, 0.29) is 10.7 Å². The van der Waals surface area contributed by atoms with Crippen LogP contribution in [0.3, 0.4) is 0 Å². The molecule has 0 aliphatic carbocycles. The highest BCUT2D eigenvalue weighted by Crippen LogP contribution is 2.29. The normalized spacial score (nSPS) is 21.2. The van der Waals surface area contributed by atoms with Crippen molar-refractivity contribution in [3.05, 3.63) is 12.3 Å². The van der Waals surface area contributed by atoms with Crippen molar-refractivity contribution in [2.45, 2.75) is 18.6 Å². The van der Waals surface area contributed by atoms with Gasteiger partial charge in [0.15, 0.2) is 0 Å². The van der Waals surface area contributed by atoms with Gasteiger partial charge in [0.1, 0.15) is 0 Å². The van der Waals surface area contributed by atoms with Gasteiger partial charge in [-0.3, -0.25) is 0 Å². The van der Waals surface area contributed by atoms with Crippen LogP contribution in [-0.2, 0) is 9.53 Å². The maximum absolute atomic E-state index is 10.9. The lowest BCUT2D eigenvalue weighted by Gasteiger charge is -2.36. The summed E-state index contributed by atoms with van der Waals surface area (Å²) < 4.78 is 4.81. The molecule has 0 atom stereocenters. The van der Waals surface area contributed by atoms with E-state index in [1.807, 2.05) is 18.0 Å². The first-order valence-corrected chi connectivity index (χ1v) is 5.66. The Labute approximate surface area is 89.5 Å². The topological polar surface area (TPSA) is 29.5 Å². The molecule has 0 bridgehead atoms. The highest BCUT2D eigenvalue weighted by Gasteiger charge is 2.25. The van der Waals surface area contributed by atoms with Crippen molar-refractivity contribution >= 4 is 17.7 Å². The summed E-state index contributed by atoms with van der Waals surface area (Å²) in [5, 5.41) is 0. The molecule has 0 aromatic carbocycles. The molecule has 1 aliphatic heterocycles. The summed E-state index contributed by atoms with van der Waals surface area (Å²) in [5.41, 5.74) is 0. The molecule has 1 rings (SSSR count). The zero-order chi connectivity index (χ0) is 10.6. The summed E-state index contributed by atoms with van der Waals surface area (Å²) in [4.78, 5) is 13.0. The van der Waals surface area contributed by atoms with Crippen molar-refractivity contribution in [2.24, 2.45) is 0 Å². The summed E-state index contributed by atoms with van der Waals surface area (Å²) in [5.74, 6) is 0.819. The van der Waals surface area contributed by atoms with Crippen LogP contribution in [0.1, 0.15) is 13.8 Å². The number of esters is 1. The van der Waals surface area contributed by atoms with Gasteiger partial charge < -0.3 is 9.64 Å². The molecule has 0 saturated carbocycles. The van der Waals surface area contributed by atoms with Crippen molar-refractivity contribution in [3.63, 3.8) is 0 Å². The first-order valence-electron chi connectivity index (χ1n) is 4.68. The molecular formula is C10H17NO2S. The Hall–Kier alpha value is -0.640. The van der Waals surface area contributed by atoms with Gasteiger partial charge in [-0.2, -0.15) is 11.8 Å². The summed E-state index contributed by atoms with van der Waals surface area (Å²) in [6, 6.07) is 0. The van der Waals surface area contributed by atoms with Crippen LogP contribution in [0.5, 0.6) is 0 Å². The Kier molecular flexibility index (Phi) is 3.86. The third-order valence-corrected chi connectivity index (χ3v) is 3.38. The summed E-state index contributed by atoms with van der Waals surface area (Å²) in [7, 11) is 1.39. The van der Waals surface area contributed by atoms with E-state index in [0.29, 0.717) is 0 Å². The Morgan fingerprint density at radius 2 is 2.29 bits per heavy atom. The van der Waals surface area contributed by atoms with Crippen LogP contribution < -0.4 is 0 Å². The Morgan fingerprint density at radius 3 is 2.86 bits per heavy atom. The number of ether oxygens (including phenoxy) is 1. The van der Waals surface area contributed by atoms with Crippen LogP contribution in [0.4, 0.5) is 0 Å². The second kappa shape index (κ2) is 4.73. The van der Waals surface area contributed by atoms with Crippen LogP contribution in [0, 0.1) is 0 Å². The number of thioether (sulfide) groups is 1. The number of hydrogen-bond donors (Lipinski definition) is 0. The van der Waals surface area contributed by atoms with E-state index in [9.17, 15) is 4.79 Å². The number of hydrogen-bond acceptors (Lipinski definition) is 4. The minimum atomic E-state index is -0.291. The van der Waals surface area contributed by atoms with E-state index < -0.39 is 0 Å². The number of methoxy groups -OCH3 is 1. The minimum absolute atomic E-state index is 0.276. The Balaban J connectivity index is 2.45. The van der Waals surface area contributed by atoms with Gasteiger partial charge in [0, 0.05) is 35.9 Å². The highest BCUT2D eigenvalue weighted by atomic mass is 32.2. The molecule has 0 amide bonds. The first-order chi connectivity index (χ1) is 6.53. The van der Waals surface area contributed by atoms with Crippen LogP contribution in [-0.4, -0.2) is 41.6 Å². The lowest BCUT2D eigenvalue weighted by molar-refractivity contribution is -0.134. The van der Waals surface area contributed by atoms with Crippen molar-refractivity contribution in [3.8, 4) is 0 Å². The van der Waals surface area contributed by atoms with Crippen molar-refractivity contribution in [1.82, 2.24) is 4.90 Å². The van der Waals surface area contributed by atoms with Crippen molar-refractivity contribution < 1.29 is 9.53 Å². The van der Waals surface area contributed by atoms with E-state index in [1.54, 1.807) is 0 Å². The average molecular weight is 215 g/mol. The average Bonchev–Trinajstić information content (AvgIpc) is 2.12. The number of carbonyl (C=O) groups is 1. The molecule has 0 spiro atoms. The monoisotopic (exact) mass is 215 g/mol. The summed E-state index contributed by atoms with van der Waals surface area (Å²) >= 11 is 1.97. The number of rotatable bonds is 2. The second-order valence-corrected chi connectivity index (χ2v) is 5.72. The fourth-order valence-electron chi connectivity index (χ4n) is 1.41. The standard InChI is InChI=1S/C10H17NO2S/c1-10(2)8-11(6-7-14-10)5-4-9(12)13-3/h4-5H,6-8H2,1-3H3/b5-4+. The molecule has 80 valence electrons. The molecule has 0 N–H and O–H groups in total. The van der Waals surface area contributed by atoms with E-state index in [4.69, 9.17) is 0 Å². The number of nitrogens with zero attached hydrogens (tertiary/aromatic N) is 1. The van der Waals surface area contributed by atoms with E-state index in [2.05, 4.69) is 23.5 Å². The first kappa shape index (κ1) is 11.4. The van der Waals surface area contributed by atoms with Gasteiger partial charge in [-0.05, 0) is 13.8 Å². The van der Waals surface area contributed by atoms with Crippen molar-refractivity contribution in [2.75, 3.05) is 26.0 Å². The van der Waals surface area contributed by atoms with Gasteiger partial charge in [0.2, 0.25) is 0 Å².